The Morgan fingerprint density at radius 2 is 2.12 bits per heavy atom. The molecule has 0 radical (unpaired) electrons. The molecule has 0 atom stereocenters. The van der Waals surface area contributed by atoms with E-state index in [4.69, 9.17) is 10.2 Å². The van der Waals surface area contributed by atoms with Crippen LogP contribution in [0.1, 0.15) is 16.3 Å². The number of carbonyl (C=O) groups excluding carboxylic acids is 1. The summed E-state index contributed by atoms with van der Waals surface area (Å²) in [5.74, 6) is -5.23. The van der Waals surface area contributed by atoms with E-state index in [2.05, 4.69) is 0 Å². The van der Waals surface area contributed by atoms with Crippen molar-refractivity contribution in [3.63, 3.8) is 0 Å². The van der Waals surface area contributed by atoms with Crippen molar-refractivity contribution in [3.8, 4) is 0 Å². The van der Waals surface area contributed by atoms with E-state index in [0.717, 1.165) is 0 Å². The number of amides is 1. The van der Waals surface area contributed by atoms with Gasteiger partial charge in [0, 0.05) is 0 Å². The number of carbonyl (C=O) groups is 1. The number of hydrogen-bond donors (Lipinski definition) is 2. The molecule has 1 amide bonds. The number of rotatable bonds is 5. The highest BCUT2D eigenvalue weighted by Crippen LogP contribution is 2.21. The molecule has 0 saturated carbocycles. The first kappa shape index (κ1) is 13.5. The summed E-state index contributed by atoms with van der Waals surface area (Å²) in [6.45, 7) is -1.41. The van der Waals surface area contributed by atoms with Gasteiger partial charge >= 0.3 is 12.3 Å². The summed E-state index contributed by atoms with van der Waals surface area (Å²) in [7, 11) is 0. The van der Waals surface area contributed by atoms with Crippen LogP contribution in [0.4, 0.5) is 17.6 Å². The molecule has 1 aromatic heterocycles. The van der Waals surface area contributed by atoms with Crippen molar-refractivity contribution in [2.24, 2.45) is 5.73 Å². The van der Waals surface area contributed by atoms with Crippen molar-refractivity contribution < 1.29 is 26.8 Å². The Labute approximate surface area is 93.8 Å². The highest BCUT2D eigenvalue weighted by Gasteiger charge is 2.41. The van der Waals surface area contributed by atoms with E-state index in [-0.39, 0.29) is 18.1 Å². The van der Waals surface area contributed by atoms with Crippen LogP contribution in [0.5, 0.6) is 0 Å². The van der Waals surface area contributed by atoms with Gasteiger partial charge < -0.3 is 15.5 Å². The number of nitrogens with two attached hydrogens (primary N) is 1. The Bertz CT molecular complexity index is 392. The monoisotopic (exact) mass is 254 g/mol. The van der Waals surface area contributed by atoms with Crippen LogP contribution in [0.25, 0.3) is 0 Å². The molecule has 0 aromatic carbocycles. The lowest BCUT2D eigenvalue weighted by Gasteiger charge is -2.14. The van der Waals surface area contributed by atoms with E-state index in [1.54, 1.807) is 5.32 Å². The Morgan fingerprint density at radius 1 is 1.47 bits per heavy atom. The lowest BCUT2D eigenvalue weighted by Crippen LogP contribution is -2.41. The van der Waals surface area contributed by atoms with Crippen molar-refractivity contribution in [1.29, 1.82) is 0 Å². The summed E-state index contributed by atoms with van der Waals surface area (Å²) in [6, 6.07) is 2.61. The minimum absolute atomic E-state index is 0.0421. The normalized spacial score (nSPS) is 11.9. The van der Waals surface area contributed by atoms with Crippen molar-refractivity contribution in [2.45, 2.75) is 18.9 Å². The van der Waals surface area contributed by atoms with Crippen molar-refractivity contribution in [3.05, 3.63) is 23.7 Å². The second-order valence-electron chi connectivity index (χ2n) is 3.21. The molecule has 96 valence electrons. The fourth-order valence-corrected chi connectivity index (χ4v) is 0.972. The predicted molar refractivity (Wildman–Crippen MR) is 49.9 cm³/mol. The van der Waals surface area contributed by atoms with Crippen molar-refractivity contribution >= 4 is 5.91 Å². The molecule has 0 saturated heterocycles. The van der Waals surface area contributed by atoms with Gasteiger partial charge in [-0.15, -0.1) is 0 Å². The maximum atomic E-state index is 12.5. The summed E-state index contributed by atoms with van der Waals surface area (Å²) >= 11 is 0. The molecule has 1 heterocycles. The molecule has 0 bridgehead atoms. The van der Waals surface area contributed by atoms with Crippen molar-refractivity contribution in [1.82, 2.24) is 5.32 Å². The molecule has 17 heavy (non-hydrogen) atoms. The van der Waals surface area contributed by atoms with E-state index in [1.807, 2.05) is 0 Å². The summed E-state index contributed by atoms with van der Waals surface area (Å²) < 4.78 is 53.4. The standard InChI is InChI=1S/C9H10F4N2O2/c10-8(11)9(12,13)4-15-7(16)6-2-1-5(3-14)17-6/h1-2,8H,3-4,14H2,(H,15,16). The van der Waals surface area contributed by atoms with Crippen LogP contribution >= 0.6 is 0 Å². The van der Waals surface area contributed by atoms with Crippen LogP contribution in [-0.4, -0.2) is 24.8 Å². The van der Waals surface area contributed by atoms with Gasteiger partial charge in [-0.05, 0) is 12.1 Å². The third-order valence-corrected chi connectivity index (χ3v) is 1.89. The lowest BCUT2D eigenvalue weighted by molar-refractivity contribution is -0.123. The fraction of sp³-hybridized carbons (Fsp3) is 0.444. The number of furan rings is 1. The second kappa shape index (κ2) is 5.17. The second-order valence-corrected chi connectivity index (χ2v) is 3.21. The third-order valence-electron chi connectivity index (χ3n) is 1.89. The van der Waals surface area contributed by atoms with Gasteiger partial charge in [0.25, 0.3) is 5.91 Å². The summed E-state index contributed by atoms with van der Waals surface area (Å²) in [6.07, 6.45) is -3.83. The van der Waals surface area contributed by atoms with Crippen LogP contribution in [0.15, 0.2) is 16.5 Å². The van der Waals surface area contributed by atoms with Gasteiger partial charge in [0.2, 0.25) is 0 Å². The molecule has 1 rings (SSSR count). The molecular weight excluding hydrogens is 244 g/mol. The minimum Gasteiger partial charge on any atom is -0.455 e. The van der Waals surface area contributed by atoms with Crippen LogP contribution < -0.4 is 11.1 Å². The highest BCUT2D eigenvalue weighted by molar-refractivity contribution is 5.91. The fourth-order valence-electron chi connectivity index (χ4n) is 0.972. The molecule has 0 aliphatic carbocycles. The first-order chi connectivity index (χ1) is 7.86. The Hall–Kier alpha value is -1.57. The molecule has 0 aliphatic rings. The van der Waals surface area contributed by atoms with E-state index in [9.17, 15) is 22.4 Å². The predicted octanol–water partition coefficient (Wildman–Crippen LogP) is 1.37. The molecule has 0 spiro atoms. The van der Waals surface area contributed by atoms with Gasteiger partial charge in [-0.25, -0.2) is 8.78 Å². The largest absolute Gasteiger partial charge is 0.455 e. The van der Waals surface area contributed by atoms with Gasteiger partial charge in [-0.2, -0.15) is 8.78 Å². The smallest absolute Gasteiger partial charge is 0.324 e. The first-order valence-corrected chi connectivity index (χ1v) is 4.60. The molecule has 0 unspecified atom stereocenters. The average molecular weight is 254 g/mol. The van der Waals surface area contributed by atoms with Gasteiger partial charge in [0.05, 0.1) is 13.1 Å². The van der Waals surface area contributed by atoms with Gasteiger partial charge in [0.15, 0.2) is 5.76 Å². The Balaban J connectivity index is 2.56. The quantitative estimate of drug-likeness (QED) is 0.780. The Kier molecular flexibility index (Phi) is 4.11. The zero-order chi connectivity index (χ0) is 13.1. The zero-order valence-corrected chi connectivity index (χ0v) is 8.55. The molecule has 0 fully saturated rings. The summed E-state index contributed by atoms with van der Waals surface area (Å²) in [4.78, 5) is 11.2. The van der Waals surface area contributed by atoms with E-state index >= 15 is 0 Å². The summed E-state index contributed by atoms with van der Waals surface area (Å²) in [5, 5.41) is 1.65. The zero-order valence-electron chi connectivity index (χ0n) is 8.55. The first-order valence-electron chi connectivity index (χ1n) is 4.60. The van der Waals surface area contributed by atoms with E-state index in [1.165, 1.54) is 12.1 Å². The molecule has 1 aromatic rings. The van der Waals surface area contributed by atoms with Crippen LogP contribution in [0.3, 0.4) is 0 Å². The third kappa shape index (κ3) is 3.45. The van der Waals surface area contributed by atoms with Crippen LogP contribution in [0, 0.1) is 0 Å². The molecule has 8 heteroatoms. The van der Waals surface area contributed by atoms with E-state index in [0.29, 0.717) is 0 Å². The maximum Gasteiger partial charge on any atom is 0.324 e. The van der Waals surface area contributed by atoms with Gasteiger partial charge in [-0.1, -0.05) is 0 Å². The van der Waals surface area contributed by atoms with Crippen LogP contribution in [0.2, 0.25) is 0 Å². The topological polar surface area (TPSA) is 68.3 Å². The molecule has 4 nitrogen and oxygen atoms in total. The number of nitrogens with one attached hydrogen (secondary N) is 1. The average Bonchev–Trinajstić information content (AvgIpc) is 2.74. The molecule has 3 N–H and O–H groups in total. The van der Waals surface area contributed by atoms with Gasteiger partial charge in [0.1, 0.15) is 5.76 Å². The molecule has 0 aliphatic heterocycles. The lowest BCUT2D eigenvalue weighted by atomic mass is 10.3. The SMILES string of the molecule is NCc1ccc(C(=O)NCC(F)(F)C(F)F)o1. The van der Waals surface area contributed by atoms with E-state index < -0.39 is 24.8 Å². The van der Waals surface area contributed by atoms with Crippen LogP contribution in [-0.2, 0) is 6.54 Å². The highest BCUT2D eigenvalue weighted by atomic mass is 19.3. The number of hydrogen-bond acceptors (Lipinski definition) is 3. The van der Waals surface area contributed by atoms with Gasteiger partial charge in [-0.3, -0.25) is 4.79 Å². The van der Waals surface area contributed by atoms with Crippen molar-refractivity contribution in [2.75, 3.05) is 6.54 Å². The summed E-state index contributed by atoms with van der Waals surface area (Å²) in [5.41, 5.74) is 5.20. The maximum absolute atomic E-state index is 12.5. The Morgan fingerprint density at radius 3 is 2.59 bits per heavy atom. The minimum atomic E-state index is -4.26. The number of alkyl halides is 4. The number of halogens is 4. The molecular formula is C9H10F4N2O2.